The molecule has 2 N–H and O–H groups in total. The standard InChI is InChI=1S/C24H28NOSi/c1-18(21-16-11-17-22(25)23(21)24(2,3)4)26-27(19-12-7-5-8-13-19)20-14-9-6-10-15-20/h5-18H,25H2,1-4H3. The van der Waals surface area contributed by atoms with Crippen LogP contribution in [0, 0.1) is 0 Å². The summed E-state index contributed by atoms with van der Waals surface area (Å²) in [7, 11) is -1.36. The van der Waals surface area contributed by atoms with Gasteiger partial charge in [-0.1, -0.05) is 93.6 Å². The van der Waals surface area contributed by atoms with Gasteiger partial charge in [0.2, 0.25) is 0 Å². The van der Waals surface area contributed by atoms with Gasteiger partial charge in [-0.25, -0.2) is 0 Å². The van der Waals surface area contributed by atoms with Crippen LogP contribution in [0.15, 0.2) is 78.9 Å². The summed E-state index contributed by atoms with van der Waals surface area (Å²) in [5, 5.41) is 2.50. The first-order valence-electron chi connectivity index (χ1n) is 9.41. The van der Waals surface area contributed by atoms with Crippen molar-refractivity contribution >= 4 is 25.1 Å². The van der Waals surface area contributed by atoms with E-state index in [1.165, 1.54) is 21.5 Å². The lowest BCUT2D eigenvalue weighted by molar-refractivity contribution is 0.234. The van der Waals surface area contributed by atoms with Crippen molar-refractivity contribution in [3.63, 3.8) is 0 Å². The third-order valence-electron chi connectivity index (χ3n) is 4.68. The molecule has 0 aromatic heterocycles. The maximum atomic E-state index is 6.75. The highest BCUT2D eigenvalue weighted by molar-refractivity contribution is 6.80. The first-order valence-corrected chi connectivity index (χ1v) is 10.8. The minimum Gasteiger partial charge on any atom is -0.400 e. The van der Waals surface area contributed by atoms with Crippen LogP contribution in [0.1, 0.15) is 44.9 Å². The van der Waals surface area contributed by atoms with Crippen LogP contribution in [0.3, 0.4) is 0 Å². The minimum absolute atomic E-state index is 0.0370. The number of hydrogen-bond acceptors (Lipinski definition) is 2. The van der Waals surface area contributed by atoms with Crippen molar-refractivity contribution in [1.82, 2.24) is 0 Å². The first kappa shape index (κ1) is 19.4. The largest absolute Gasteiger partial charge is 0.400 e. The molecule has 0 fully saturated rings. The van der Waals surface area contributed by atoms with Crippen LogP contribution in [-0.2, 0) is 9.84 Å². The van der Waals surface area contributed by atoms with Crippen molar-refractivity contribution in [2.45, 2.75) is 39.2 Å². The third-order valence-corrected chi connectivity index (χ3v) is 6.99. The molecule has 139 valence electrons. The molecule has 3 rings (SSSR count). The SMILES string of the molecule is CC(O[Si](c1ccccc1)c1ccccc1)c1cccc(N)c1C(C)(C)C. The van der Waals surface area contributed by atoms with Crippen LogP contribution in [0.2, 0.25) is 0 Å². The quantitative estimate of drug-likeness (QED) is 0.529. The summed E-state index contributed by atoms with van der Waals surface area (Å²) in [6.07, 6.45) is -0.0444. The number of rotatable bonds is 5. The van der Waals surface area contributed by atoms with E-state index in [0.717, 1.165) is 5.69 Å². The Labute approximate surface area is 164 Å². The Morgan fingerprint density at radius 3 is 1.78 bits per heavy atom. The molecule has 1 unspecified atom stereocenters. The van der Waals surface area contributed by atoms with E-state index in [-0.39, 0.29) is 11.5 Å². The monoisotopic (exact) mass is 374 g/mol. The summed E-state index contributed by atoms with van der Waals surface area (Å²) in [5.41, 5.74) is 9.51. The summed E-state index contributed by atoms with van der Waals surface area (Å²) in [5.74, 6) is 0. The van der Waals surface area contributed by atoms with Crippen LogP contribution in [0.5, 0.6) is 0 Å². The van der Waals surface area contributed by atoms with Crippen molar-refractivity contribution in [2.24, 2.45) is 0 Å². The van der Waals surface area contributed by atoms with E-state index in [1.807, 2.05) is 24.3 Å². The zero-order valence-corrected chi connectivity index (χ0v) is 17.6. The van der Waals surface area contributed by atoms with E-state index in [9.17, 15) is 0 Å². The van der Waals surface area contributed by atoms with Crippen molar-refractivity contribution in [3.8, 4) is 0 Å². The van der Waals surface area contributed by atoms with Gasteiger partial charge in [0, 0.05) is 5.69 Å². The van der Waals surface area contributed by atoms with E-state index in [2.05, 4.69) is 82.3 Å². The van der Waals surface area contributed by atoms with Crippen molar-refractivity contribution < 1.29 is 4.43 Å². The molecular weight excluding hydrogens is 346 g/mol. The van der Waals surface area contributed by atoms with Gasteiger partial charge in [-0.3, -0.25) is 0 Å². The number of nitrogens with two attached hydrogens (primary N) is 1. The second kappa shape index (κ2) is 8.11. The predicted molar refractivity (Wildman–Crippen MR) is 117 cm³/mol. The molecule has 27 heavy (non-hydrogen) atoms. The minimum atomic E-state index is -1.36. The molecule has 0 aliphatic heterocycles. The molecule has 0 heterocycles. The Morgan fingerprint density at radius 1 is 0.778 bits per heavy atom. The maximum Gasteiger partial charge on any atom is 0.283 e. The van der Waals surface area contributed by atoms with E-state index >= 15 is 0 Å². The molecule has 0 bridgehead atoms. The molecule has 0 saturated heterocycles. The molecule has 0 aliphatic rings. The highest BCUT2D eigenvalue weighted by atomic mass is 28.3. The fourth-order valence-corrected chi connectivity index (χ4v) is 5.59. The van der Waals surface area contributed by atoms with Crippen LogP contribution in [0.25, 0.3) is 0 Å². The summed E-state index contributed by atoms with van der Waals surface area (Å²) in [6.45, 7) is 8.75. The van der Waals surface area contributed by atoms with Gasteiger partial charge >= 0.3 is 0 Å². The van der Waals surface area contributed by atoms with Gasteiger partial charge in [0.05, 0.1) is 6.10 Å². The summed E-state index contributed by atoms with van der Waals surface area (Å²) < 4.78 is 6.75. The fraction of sp³-hybridized carbons (Fsp3) is 0.250. The molecule has 0 amide bonds. The molecule has 1 atom stereocenters. The van der Waals surface area contributed by atoms with Crippen molar-refractivity contribution in [3.05, 3.63) is 90.0 Å². The van der Waals surface area contributed by atoms with E-state index in [1.54, 1.807) is 0 Å². The Bertz CT molecular complexity index is 832. The number of hydrogen-bond donors (Lipinski definition) is 1. The highest BCUT2D eigenvalue weighted by Crippen LogP contribution is 2.35. The van der Waals surface area contributed by atoms with E-state index in [0.29, 0.717) is 0 Å². The second-order valence-corrected chi connectivity index (χ2v) is 9.93. The average molecular weight is 375 g/mol. The molecule has 0 aliphatic carbocycles. The zero-order chi connectivity index (χ0) is 19.4. The van der Waals surface area contributed by atoms with Gasteiger partial charge < -0.3 is 10.2 Å². The van der Waals surface area contributed by atoms with Gasteiger partial charge in [-0.2, -0.15) is 0 Å². The lowest BCUT2D eigenvalue weighted by atomic mass is 9.81. The summed E-state index contributed by atoms with van der Waals surface area (Å²) in [4.78, 5) is 0. The maximum absolute atomic E-state index is 6.75. The average Bonchev–Trinajstić information content (AvgIpc) is 2.66. The van der Waals surface area contributed by atoms with Crippen LogP contribution < -0.4 is 16.1 Å². The number of anilines is 1. The van der Waals surface area contributed by atoms with Gasteiger partial charge in [-0.15, -0.1) is 0 Å². The van der Waals surface area contributed by atoms with E-state index < -0.39 is 9.04 Å². The fourth-order valence-electron chi connectivity index (χ4n) is 3.52. The first-order chi connectivity index (χ1) is 12.9. The Balaban J connectivity index is 2.00. The van der Waals surface area contributed by atoms with Gasteiger partial charge in [0.25, 0.3) is 9.04 Å². The molecule has 1 radical (unpaired) electrons. The Hall–Kier alpha value is -2.36. The molecule has 2 nitrogen and oxygen atoms in total. The predicted octanol–water partition coefficient (Wildman–Crippen LogP) is 4.45. The Kier molecular flexibility index (Phi) is 5.83. The van der Waals surface area contributed by atoms with Crippen LogP contribution >= 0.6 is 0 Å². The van der Waals surface area contributed by atoms with Crippen molar-refractivity contribution in [1.29, 1.82) is 0 Å². The van der Waals surface area contributed by atoms with Crippen LogP contribution in [-0.4, -0.2) is 9.04 Å². The molecular formula is C24H28NOSi. The molecule has 0 saturated carbocycles. The smallest absolute Gasteiger partial charge is 0.283 e. The zero-order valence-electron chi connectivity index (χ0n) is 16.6. The second-order valence-electron chi connectivity index (χ2n) is 7.88. The topological polar surface area (TPSA) is 35.2 Å². The van der Waals surface area contributed by atoms with Crippen LogP contribution in [0.4, 0.5) is 5.69 Å². The summed E-state index contributed by atoms with van der Waals surface area (Å²) in [6, 6.07) is 27.2. The third kappa shape index (κ3) is 4.49. The summed E-state index contributed by atoms with van der Waals surface area (Å²) >= 11 is 0. The molecule has 3 aromatic carbocycles. The van der Waals surface area contributed by atoms with Crippen molar-refractivity contribution in [2.75, 3.05) is 5.73 Å². The van der Waals surface area contributed by atoms with E-state index in [4.69, 9.17) is 10.2 Å². The van der Waals surface area contributed by atoms with Gasteiger partial charge in [0.1, 0.15) is 0 Å². The Morgan fingerprint density at radius 2 is 1.30 bits per heavy atom. The lowest BCUT2D eigenvalue weighted by Crippen LogP contribution is -2.45. The molecule has 3 aromatic rings. The normalized spacial score (nSPS) is 12.9. The highest BCUT2D eigenvalue weighted by Gasteiger charge is 2.27. The van der Waals surface area contributed by atoms with Gasteiger partial charge in [0.15, 0.2) is 0 Å². The molecule has 3 heteroatoms. The number of nitrogen functional groups attached to an aromatic ring is 1. The molecule has 0 spiro atoms. The van der Waals surface area contributed by atoms with Gasteiger partial charge in [-0.05, 0) is 39.9 Å². The lowest BCUT2D eigenvalue weighted by Gasteiger charge is -2.29. The number of benzene rings is 3.